The van der Waals surface area contributed by atoms with Crippen LogP contribution in [0.4, 0.5) is 4.39 Å². The molecule has 0 amide bonds. The minimum absolute atomic E-state index is 0.218. The molecular formula is C6H9FO2. The van der Waals surface area contributed by atoms with Crippen LogP contribution in [0.5, 0.6) is 0 Å². The number of carboxylic acids is 1. The van der Waals surface area contributed by atoms with Crippen molar-refractivity contribution in [2.75, 3.05) is 0 Å². The molecule has 0 aromatic rings. The van der Waals surface area contributed by atoms with Gasteiger partial charge >= 0.3 is 5.97 Å². The first-order chi connectivity index (χ1) is 4.20. The average Bonchev–Trinajstić information content (AvgIpc) is 2.14. The maximum absolute atomic E-state index is 12.3. The lowest BCUT2D eigenvalue weighted by Crippen LogP contribution is -2.09. The van der Waals surface area contributed by atoms with Gasteiger partial charge in [-0.3, -0.25) is 4.79 Å². The van der Waals surface area contributed by atoms with E-state index < -0.39 is 18.1 Å². The predicted octanol–water partition coefficient (Wildman–Crippen LogP) is 1.21. The second-order valence-electron chi connectivity index (χ2n) is 2.45. The lowest BCUT2D eigenvalue weighted by Gasteiger charge is -1.98. The van der Waals surface area contributed by atoms with E-state index in [2.05, 4.69) is 0 Å². The van der Waals surface area contributed by atoms with E-state index in [4.69, 9.17) is 5.11 Å². The van der Waals surface area contributed by atoms with Crippen LogP contribution in [0, 0.1) is 5.92 Å². The van der Waals surface area contributed by atoms with Crippen LogP contribution in [0.1, 0.15) is 19.3 Å². The molecule has 1 aliphatic rings. The average molecular weight is 132 g/mol. The fourth-order valence-corrected chi connectivity index (χ4v) is 1.15. The summed E-state index contributed by atoms with van der Waals surface area (Å²) in [4.78, 5) is 10.2. The van der Waals surface area contributed by atoms with Gasteiger partial charge in [0.2, 0.25) is 0 Å². The number of halogens is 1. The highest BCUT2D eigenvalue weighted by Crippen LogP contribution is 2.27. The number of rotatable bonds is 1. The van der Waals surface area contributed by atoms with Crippen LogP contribution in [-0.4, -0.2) is 17.2 Å². The van der Waals surface area contributed by atoms with Gasteiger partial charge in [0, 0.05) is 0 Å². The molecule has 1 N–H and O–H groups in total. The van der Waals surface area contributed by atoms with Crippen LogP contribution in [-0.2, 0) is 4.79 Å². The number of carboxylic acid groups (broad SMARTS) is 1. The van der Waals surface area contributed by atoms with E-state index in [0.29, 0.717) is 12.8 Å². The summed E-state index contributed by atoms with van der Waals surface area (Å²) < 4.78 is 12.3. The molecule has 9 heavy (non-hydrogen) atoms. The SMILES string of the molecule is O=C(O)[C@H]1CC[C@@H](F)C1. The second-order valence-corrected chi connectivity index (χ2v) is 2.45. The molecule has 3 heteroatoms. The molecule has 52 valence electrons. The number of hydrogen-bond donors (Lipinski definition) is 1. The molecule has 0 bridgehead atoms. The van der Waals surface area contributed by atoms with Crippen molar-refractivity contribution in [2.24, 2.45) is 5.92 Å². The molecule has 2 nitrogen and oxygen atoms in total. The van der Waals surface area contributed by atoms with Gasteiger partial charge in [-0.15, -0.1) is 0 Å². The first-order valence-electron chi connectivity index (χ1n) is 3.07. The molecule has 0 heterocycles. The van der Waals surface area contributed by atoms with Crippen molar-refractivity contribution < 1.29 is 14.3 Å². The minimum atomic E-state index is -0.869. The topological polar surface area (TPSA) is 37.3 Å². The van der Waals surface area contributed by atoms with E-state index in [-0.39, 0.29) is 6.42 Å². The Hall–Kier alpha value is -0.600. The van der Waals surface area contributed by atoms with Gasteiger partial charge in [-0.1, -0.05) is 0 Å². The molecule has 1 saturated carbocycles. The summed E-state index contributed by atoms with van der Waals surface area (Å²) in [6.07, 6.45) is 0.286. The Bertz CT molecular complexity index is 124. The van der Waals surface area contributed by atoms with Crippen molar-refractivity contribution in [3.63, 3.8) is 0 Å². The monoisotopic (exact) mass is 132 g/mol. The van der Waals surface area contributed by atoms with Gasteiger partial charge in [0.05, 0.1) is 5.92 Å². The van der Waals surface area contributed by atoms with Crippen molar-refractivity contribution in [3.05, 3.63) is 0 Å². The highest BCUT2D eigenvalue weighted by atomic mass is 19.1. The number of aliphatic carboxylic acids is 1. The third kappa shape index (κ3) is 1.40. The van der Waals surface area contributed by atoms with Gasteiger partial charge in [0.25, 0.3) is 0 Å². The maximum atomic E-state index is 12.3. The lowest BCUT2D eigenvalue weighted by atomic mass is 10.1. The van der Waals surface area contributed by atoms with Crippen LogP contribution in [0.25, 0.3) is 0 Å². The van der Waals surface area contributed by atoms with E-state index in [1.807, 2.05) is 0 Å². The van der Waals surface area contributed by atoms with Crippen LogP contribution in [0.3, 0.4) is 0 Å². The summed E-state index contributed by atoms with van der Waals surface area (Å²) in [5, 5.41) is 8.36. The van der Waals surface area contributed by atoms with E-state index >= 15 is 0 Å². The van der Waals surface area contributed by atoms with Crippen LogP contribution in [0.2, 0.25) is 0 Å². The summed E-state index contributed by atoms with van der Waals surface area (Å²) >= 11 is 0. The van der Waals surface area contributed by atoms with Gasteiger partial charge in [0.15, 0.2) is 0 Å². The highest BCUT2D eigenvalue weighted by molar-refractivity contribution is 5.70. The van der Waals surface area contributed by atoms with Gasteiger partial charge in [-0.2, -0.15) is 0 Å². The highest BCUT2D eigenvalue weighted by Gasteiger charge is 2.29. The molecule has 0 aromatic carbocycles. The van der Waals surface area contributed by atoms with E-state index in [0.717, 1.165) is 0 Å². The number of alkyl halides is 1. The van der Waals surface area contributed by atoms with Crippen molar-refractivity contribution in [1.29, 1.82) is 0 Å². The van der Waals surface area contributed by atoms with Crippen LogP contribution in [0.15, 0.2) is 0 Å². The molecule has 2 atom stereocenters. The number of carbonyl (C=O) groups is 1. The summed E-state index contributed by atoms with van der Waals surface area (Å²) in [5.41, 5.74) is 0. The Labute approximate surface area is 52.7 Å². The quantitative estimate of drug-likeness (QED) is 0.582. The Balaban J connectivity index is 2.39. The smallest absolute Gasteiger partial charge is 0.306 e. The zero-order valence-electron chi connectivity index (χ0n) is 5.01. The van der Waals surface area contributed by atoms with Crippen molar-refractivity contribution in [1.82, 2.24) is 0 Å². The van der Waals surface area contributed by atoms with Gasteiger partial charge in [0.1, 0.15) is 6.17 Å². The Morgan fingerprint density at radius 2 is 2.22 bits per heavy atom. The first kappa shape index (κ1) is 6.52. The Morgan fingerprint density at radius 3 is 2.44 bits per heavy atom. The van der Waals surface area contributed by atoms with Crippen LogP contribution >= 0.6 is 0 Å². The molecule has 1 fully saturated rings. The lowest BCUT2D eigenvalue weighted by molar-refractivity contribution is -0.141. The predicted molar refractivity (Wildman–Crippen MR) is 29.9 cm³/mol. The molecule has 1 rings (SSSR count). The summed E-state index contributed by atoms with van der Waals surface area (Å²) in [7, 11) is 0. The molecule has 0 aliphatic heterocycles. The second kappa shape index (κ2) is 2.33. The van der Waals surface area contributed by atoms with E-state index in [9.17, 15) is 9.18 Å². The molecule has 0 spiro atoms. The first-order valence-corrected chi connectivity index (χ1v) is 3.07. The zero-order valence-corrected chi connectivity index (χ0v) is 5.01. The molecule has 0 saturated heterocycles. The van der Waals surface area contributed by atoms with Crippen LogP contribution < -0.4 is 0 Å². The largest absolute Gasteiger partial charge is 0.481 e. The fraction of sp³-hybridized carbons (Fsp3) is 0.833. The molecule has 0 aromatic heterocycles. The van der Waals surface area contributed by atoms with Crippen molar-refractivity contribution >= 4 is 5.97 Å². The summed E-state index contributed by atoms with van der Waals surface area (Å²) in [5.74, 6) is -1.27. The molecule has 1 aliphatic carbocycles. The normalized spacial score (nSPS) is 34.8. The van der Waals surface area contributed by atoms with Crippen molar-refractivity contribution in [3.8, 4) is 0 Å². The Kier molecular flexibility index (Phi) is 1.69. The Morgan fingerprint density at radius 1 is 1.56 bits per heavy atom. The van der Waals surface area contributed by atoms with Crippen molar-refractivity contribution in [2.45, 2.75) is 25.4 Å². The van der Waals surface area contributed by atoms with E-state index in [1.165, 1.54) is 0 Å². The number of hydrogen-bond acceptors (Lipinski definition) is 1. The standard InChI is InChI=1S/C6H9FO2/c7-5-2-1-4(3-5)6(8)9/h4-5H,1-3H2,(H,8,9)/t4-,5+/m0/s1. The van der Waals surface area contributed by atoms with Gasteiger partial charge in [-0.05, 0) is 19.3 Å². The summed E-state index contributed by atoms with van der Waals surface area (Å²) in [6, 6.07) is 0. The van der Waals surface area contributed by atoms with Gasteiger partial charge < -0.3 is 5.11 Å². The summed E-state index contributed by atoms with van der Waals surface area (Å²) in [6.45, 7) is 0. The third-order valence-electron chi connectivity index (χ3n) is 1.72. The zero-order chi connectivity index (χ0) is 6.85. The molecule has 0 radical (unpaired) electrons. The fourth-order valence-electron chi connectivity index (χ4n) is 1.15. The van der Waals surface area contributed by atoms with Gasteiger partial charge in [-0.25, -0.2) is 4.39 Å². The van der Waals surface area contributed by atoms with E-state index in [1.54, 1.807) is 0 Å². The maximum Gasteiger partial charge on any atom is 0.306 e. The molecular weight excluding hydrogens is 123 g/mol. The minimum Gasteiger partial charge on any atom is -0.481 e. The third-order valence-corrected chi connectivity index (χ3v) is 1.72. The molecule has 0 unspecified atom stereocenters.